The maximum absolute atomic E-state index is 4.11. The quantitative estimate of drug-likeness (QED) is 0.771. The smallest absolute Gasteiger partial charge is 0.0270 e. The molecule has 0 spiro atoms. The number of piperidine rings is 1. The van der Waals surface area contributed by atoms with Gasteiger partial charge in [-0.1, -0.05) is 6.92 Å². The van der Waals surface area contributed by atoms with Crippen LogP contribution in [0.15, 0.2) is 24.5 Å². The van der Waals surface area contributed by atoms with Crippen LogP contribution in [0.1, 0.15) is 44.6 Å². The largest absolute Gasteiger partial charge is 0.303 e. The van der Waals surface area contributed by atoms with E-state index in [1.165, 1.54) is 76.8 Å². The van der Waals surface area contributed by atoms with Crippen molar-refractivity contribution < 1.29 is 0 Å². The van der Waals surface area contributed by atoms with E-state index in [9.17, 15) is 0 Å². The van der Waals surface area contributed by atoms with E-state index in [4.69, 9.17) is 0 Å². The Bertz CT molecular complexity index is 432. The second-order valence-electron chi connectivity index (χ2n) is 7.06. The molecule has 0 aromatic carbocycles. The summed E-state index contributed by atoms with van der Waals surface area (Å²) in [5, 5.41) is 0. The minimum absolute atomic E-state index is 0.877. The number of nitrogens with zero attached hydrogens (tertiary/aromatic N) is 3. The number of rotatable bonds is 7. The summed E-state index contributed by atoms with van der Waals surface area (Å²) >= 11 is 0. The van der Waals surface area contributed by atoms with Crippen LogP contribution < -0.4 is 0 Å². The summed E-state index contributed by atoms with van der Waals surface area (Å²) in [5.74, 6) is 0.894. The van der Waals surface area contributed by atoms with Crippen molar-refractivity contribution in [3.05, 3.63) is 30.1 Å². The van der Waals surface area contributed by atoms with Crippen LogP contribution in [0.25, 0.3) is 0 Å². The van der Waals surface area contributed by atoms with Crippen molar-refractivity contribution in [3.8, 4) is 0 Å². The standard InChI is InChI=1S/C19H31N3/c1-2-22-15-10-19(22)9-14-21-13-3-4-18(16-21)6-5-17-7-11-20-12-8-17/h7-8,11-12,18-19H,2-6,9-10,13-16H2,1H3. The number of hydrogen-bond donors (Lipinski definition) is 0. The summed E-state index contributed by atoms with van der Waals surface area (Å²) in [5.41, 5.74) is 1.44. The van der Waals surface area contributed by atoms with Crippen molar-refractivity contribution in [3.63, 3.8) is 0 Å². The minimum atomic E-state index is 0.877. The van der Waals surface area contributed by atoms with Crippen LogP contribution in [0.3, 0.4) is 0 Å². The highest BCUT2D eigenvalue weighted by Gasteiger charge is 2.27. The van der Waals surface area contributed by atoms with Crippen molar-refractivity contribution in [1.82, 2.24) is 14.8 Å². The van der Waals surface area contributed by atoms with Gasteiger partial charge in [-0.2, -0.15) is 0 Å². The molecule has 3 heteroatoms. The molecule has 2 aliphatic heterocycles. The molecular formula is C19H31N3. The Kier molecular flexibility index (Phi) is 5.85. The van der Waals surface area contributed by atoms with Crippen LogP contribution in [0.2, 0.25) is 0 Å². The van der Waals surface area contributed by atoms with E-state index >= 15 is 0 Å². The van der Waals surface area contributed by atoms with Gasteiger partial charge in [0.2, 0.25) is 0 Å². The average Bonchev–Trinajstić information content (AvgIpc) is 2.54. The molecule has 2 fully saturated rings. The molecule has 3 nitrogen and oxygen atoms in total. The molecule has 22 heavy (non-hydrogen) atoms. The lowest BCUT2D eigenvalue weighted by atomic mass is 9.91. The van der Waals surface area contributed by atoms with Crippen molar-refractivity contribution in [2.24, 2.45) is 5.92 Å². The molecule has 0 aliphatic carbocycles. The third-order valence-corrected chi connectivity index (χ3v) is 5.64. The predicted molar refractivity (Wildman–Crippen MR) is 92.0 cm³/mol. The summed E-state index contributed by atoms with van der Waals surface area (Å²) in [6.07, 6.45) is 12.0. The first-order valence-corrected chi connectivity index (χ1v) is 9.20. The highest BCUT2D eigenvalue weighted by Crippen LogP contribution is 2.24. The van der Waals surface area contributed by atoms with Gasteiger partial charge in [-0.3, -0.25) is 4.98 Å². The van der Waals surface area contributed by atoms with Gasteiger partial charge in [0.25, 0.3) is 0 Å². The van der Waals surface area contributed by atoms with Crippen molar-refractivity contribution >= 4 is 0 Å². The van der Waals surface area contributed by atoms with E-state index in [2.05, 4.69) is 33.8 Å². The average molecular weight is 301 g/mol. The summed E-state index contributed by atoms with van der Waals surface area (Å²) in [7, 11) is 0. The molecule has 0 bridgehead atoms. The summed E-state index contributed by atoms with van der Waals surface area (Å²) in [6, 6.07) is 5.20. The van der Waals surface area contributed by atoms with Gasteiger partial charge in [0.1, 0.15) is 0 Å². The fraction of sp³-hybridized carbons (Fsp3) is 0.737. The number of hydrogen-bond acceptors (Lipinski definition) is 3. The van der Waals surface area contributed by atoms with E-state index in [0.29, 0.717) is 0 Å². The molecule has 0 amide bonds. The van der Waals surface area contributed by atoms with Gasteiger partial charge in [0.05, 0.1) is 0 Å². The highest BCUT2D eigenvalue weighted by molar-refractivity contribution is 5.09. The second kappa shape index (κ2) is 8.07. The van der Waals surface area contributed by atoms with Crippen LogP contribution in [0.5, 0.6) is 0 Å². The van der Waals surface area contributed by atoms with Gasteiger partial charge in [-0.15, -0.1) is 0 Å². The maximum atomic E-state index is 4.11. The van der Waals surface area contributed by atoms with Crippen LogP contribution in [0, 0.1) is 5.92 Å². The lowest BCUT2D eigenvalue weighted by molar-refractivity contribution is 0.0716. The van der Waals surface area contributed by atoms with Gasteiger partial charge < -0.3 is 9.80 Å². The van der Waals surface area contributed by atoms with E-state index < -0.39 is 0 Å². The van der Waals surface area contributed by atoms with Crippen LogP contribution in [-0.4, -0.2) is 53.5 Å². The SMILES string of the molecule is CCN1CCC1CCN1CCCC(CCc2ccncc2)C1. The maximum Gasteiger partial charge on any atom is 0.0270 e. The normalized spacial score (nSPS) is 26.8. The fourth-order valence-electron chi connectivity index (χ4n) is 4.08. The van der Waals surface area contributed by atoms with Crippen LogP contribution >= 0.6 is 0 Å². The molecule has 2 saturated heterocycles. The lowest BCUT2D eigenvalue weighted by Gasteiger charge is -2.42. The zero-order valence-electron chi connectivity index (χ0n) is 14.1. The van der Waals surface area contributed by atoms with Crippen LogP contribution in [-0.2, 0) is 6.42 Å². The molecule has 0 radical (unpaired) electrons. The Hall–Kier alpha value is -0.930. The van der Waals surface area contributed by atoms with E-state index in [1.54, 1.807) is 0 Å². The summed E-state index contributed by atoms with van der Waals surface area (Å²) in [6.45, 7) is 8.82. The fourth-order valence-corrected chi connectivity index (χ4v) is 4.08. The summed E-state index contributed by atoms with van der Waals surface area (Å²) < 4.78 is 0. The Morgan fingerprint density at radius 2 is 2.00 bits per heavy atom. The first-order chi connectivity index (χ1) is 10.8. The van der Waals surface area contributed by atoms with E-state index in [1.807, 2.05) is 12.4 Å². The van der Waals surface area contributed by atoms with Crippen LogP contribution in [0.4, 0.5) is 0 Å². The molecule has 1 aromatic rings. The molecule has 0 saturated carbocycles. The van der Waals surface area contributed by atoms with E-state index in [0.717, 1.165) is 12.0 Å². The van der Waals surface area contributed by atoms with Crippen molar-refractivity contribution in [2.45, 2.75) is 51.5 Å². The van der Waals surface area contributed by atoms with Gasteiger partial charge in [-0.25, -0.2) is 0 Å². The van der Waals surface area contributed by atoms with Gasteiger partial charge in [0.15, 0.2) is 0 Å². The number of aromatic nitrogens is 1. The third-order valence-electron chi connectivity index (χ3n) is 5.64. The molecule has 2 unspecified atom stereocenters. The van der Waals surface area contributed by atoms with Gasteiger partial charge >= 0.3 is 0 Å². The topological polar surface area (TPSA) is 19.4 Å². The number of aryl methyl sites for hydroxylation is 1. The highest BCUT2D eigenvalue weighted by atomic mass is 15.2. The van der Waals surface area contributed by atoms with Gasteiger partial charge in [-0.05, 0) is 88.3 Å². The monoisotopic (exact) mass is 301 g/mol. The number of likely N-dealkylation sites (tertiary alicyclic amines) is 2. The Labute approximate surface area is 135 Å². The first-order valence-electron chi connectivity index (χ1n) is 9.20. The minimum Gasteiger partial charge on any atom is -0.303 e. The van der Waals surface area contributed by atoms with Crippen molar-refractivity contribution in [1.29, 1.82) is 0 Å². The Balaban J connectivity index is 1.38. The Morgan fingerprint density at radius 3 is 2.73 bits per heavy atom. The molecule has 2 aliphatic rings. The predicted octanol–water partition coefficient (Wildman–Crippen LogP) is 3.21. The molecule has 1 aromatic heterocycles. The third kappa shape index (κ3) is 4.30. The lowest BCUT2D eigenvalue weighted by Crippen LogP contribution is -2.49. The van der Waals surface area contributed by atoms with Crippen molar-refractivity contribution in [2.75, 3.05) is 32.7 Å². The molecular weight excluding hydrogens is 270 g/mol. The molecule has 3 rings (SSSR count). The zero-order chi connectivity index (χ0) is 15.2. The summed E-state index contributed by atoms with van der Waals surface area (Å²) in [4.78, 5) is 9.47. The zero-order valence-corrected chi connectivity index (χ0v) is 14.1. The number of pyridine rings is 1. The second-order valence-corrected chi connectivity index (χ2v) is 7.06. The molecule has 122 valence electrons. The van der Waals surface area contributed by atoms with E-state index in [-0.39, 0.29) is 0 Å². The molecule has 3 heterocycles. The molecule has 2 atom stereocenters. The molecule has 0 N–H and O–H groups in total. The Morgan fingerprint density at radius 1 is 1.14 bits per heavy atom. The van der Waals surface area contributed by atoms with Gasteiger partial charge in [0, 0.05) is 25.0 Å². The first kappa shape index (κ1) is 15.9.